The molecule has 0 aliphatic rings. The predicted octanol–water partition coefficient (Wildman–Crippen LogP) is 4.78. The van der Waals surface area contributed by atoms with Gasteiger partial charge >= 0.3 is 5.97 Å². The largest absolute Gasteiger partial charge is 0.494 e. The molecule has 1 amide bonds. The second-order valence-electron chi connectivity index (χ2n) is 7.05. The van der Waals surface area contributed by atoms with Crippen molar-refractivity contribution < 1.29 is 28.2 Å². The van der Waals surface area contributed by atoms with Crippen LogP contribution in [0.2, 0.25) is 5.02 Å². The summed E-state index contributed by atoms with van der Waals surface area (Å²) in [5.41, 5.74) is 0.997. The van der Waals surface area contributed by atoms with Crippen LogP contribution >= 0.6 is 11.6 Å². The van der Waals surface area contributed by atoms with Gasteiger partial charge in [0, 0.05) is 5.56 Å². The van der Waals surface area contributed by atoms with Gasteiger partial charge in [-0.3, -0.25) is 14.4 Å². The first kappa shape index (κ1) is 23.9. The highest BCUT2D eigenvalue weighted by molar-refractivity contribution is 6.33. The van der Waals surface area contributed by atoms with Gasteiger partial charge in [-0.05, 0) is 35.9 Å². The second kappa shape index (κ2) is 11.2. The average molecular weight is 470 g/mol. The van der Waals surface area contributed by atoms with Crippen LogP contribution in [0.3, 0.4) is 0 Å². The Kier molecular flexibility index (Phi) is 8.16. The molecule has 1 atom stereocenters. The summed E-state index contributed by atoms with van der Waals surface area (Å²) >= 11 is 6.10. The molecule has 3 aromatic rings. The minimum atomic E-state index is -0.712. The maximum atomic E-state index is 13.8. The molecule has 3 rings (SSSR count). The molecule has 6 nitrogen and oxygen atoms in total. The molecule has 3 aromatic carbocycles. The number of amides is 1. The lowest BCUT2D eigenvalue weighted by atomic mass is 10.0. The Bertz CT molecular complexity index is 1150. The minimum Gasteiger partial charge on any atom is -0.494 e. The van der Waals surface area contributed by atoms with E-state index in [0.29, 0.717) is 5.56 Å². The number of hydrogen-bond acceptors (Lipinski definition) is 5. The van der Waals surface area contributed by atoms with E-state index in [1.54, 1.807) is 54.6 Å². The first-order chi connectivity index (χ1) is 15.9. The van der Waals surface area contributed by atoms with Crippen molar-refractivity contribution >= 4 is 29.3 Å². The second-order valence-corrected chi connectivity index (χ2v) is 7.46. The van der Waals surface area contributed by atoms with Gasteiger partial charge in [0.15, 0.2) is 24.0 Å². The van der Waals surface area contributed by atoms with Crippen molar-refractivity contribution in [2.45, 2.75) is 12.5 Å². The number of esters is 1. The first-order valence-electron chi connectivity index (χ1n) is 10.0. The van der Waals surface area contributed by atoms with Gasteiger partial charge in [-0.1, -0.05) is 54.1 Å². The number of ketones is 1. The molecule has 33 heavy (non-hydrogen) atoms. The molecule has 0 bridgehead atoms. The topological polar surface area (TPSA) is 81.7 Å². The monoisotopic (exact) mass is 469 g/mol. The Hall–Kier alpha value is -3.71. The van der Waals surface area contributed by atoms with Crippen LogP contribution in [0.5, 0.6) is 5.75 Å². The van der Waals surface area contributed by atoms with Gasteiger partial charge < -0.3 is 14.8 Å². The zero-order chi connectivity index (χ0) is 23.8. The number of rotatable bonds is 9. The third kappa shape index (κ3) is 6.40. The molecule has 0 aromatic heterocycles. The quantitative estimate of drug-likeness (QED) is 0.360. The standard InChI is InChI=1S/C25H21ClFNO5/c1-32-23-12-11-17(13-20(23)27)22(29)15-33-24(30)14-21(16-7-3-2-4-8-16)28-25(31)18-9-5-6-10-19(18)26/h2-13,21H,14-15H2,1H3,(H,28,31). The number of Topliss-reactive ketones (excluding diaryl/α,β-unsaturated/α-hetero) is 1. The molecule has 0 radical (unpaired) electrons. The lowest BCUT2D eigenvalue weighted by Gasteiger charge is -2.19. The van der Waals surface area contributed by atoms with Crippen LogP contribution < -0.4 is 10.1 Å². The molecule has 0 saturated heterocycles. The zero-order valence-electron chi connectivity index (χ0n) is 17.7. The predicted molar refractivity (Wildman–Crippen MR) is 121 cm³/mol. The van der Waals surface area contributed by atoms with Gasteiger partial charge in [0.25, 0.3) is 5.91 Å². The molecule has 0 spiro atoms. The van der Waals surface area contributed by atoms with Gasteiger partial charge in [-0.15, -0.1) is 0 Å². The van der Waals surface area contributed by atoms with Crippen molar-refractivity contribution in [1.82, 2.24) is 5.32 Å². The number of carbonyl (C=O) groups is 3. The van der Waals surface area contributed by atoms with Gasteiger partial charge in [-0.25, -0.2) is 4.39 Å². The molecular formula is C25H21ClFNO5. The summed E-state index contributed by atoms with van der Waals surface area (Å²) < 4.78 is 23.7. The van der Waals surface area contributed by atoms with E-state index in [-0.39, 0.29) is 28.3 Å². The highest BCUT2D eigenvalue weighted by Gasteiger charge is 2.22. The molecule has 0 saturated carbocycles. The van der Waals surface area contributed by atoms with E-state index in [4.69, 9.17) is 21.1 Å². The third-order valence-electron chi connectivity index (χ3n) is 4.83. The van der Waals surface area contributed by atoms with E-state index >= 15 is 0 Å². The van der Waals surface area contributed by atoms with Crippen molar-refractivity contribution in [3.63, 3.8) is 0 Å². The van der Waals surface area contributed by atoms with Crippen LogP contribution in [0.25, 0.3) is 0 Å². The van der Waals surface area contributed by atoms with Crippen LogP contribution in [-0.4, -0.2) is 31.4 Å². The van der Waals surface area contributed by atoms with Crippen LogP contribution in [-0.2, 0) is 9.53 Å². The van der Waals surface area contributed by atoms with Crippen molar-refractivity contribution in [2.75, 3.05) is 13.7 Å². The first-order valence-corrected chi connectivity index (χ1v) is 10.4. The Morgan fingerprint density at radius 2 is 1.70 bits per heavy atom. The number of carbonyl (C=O) groups excluding carboxylic acids is 3. The summed E-state index contributed by atoms with van der Waals surface area (Å²) in [6.45, 7) is -0.565. The summed E-state index contributed by atoms with van der Waals surface area (Å²) in [6.07, 6.45) is -0.218. The molecule has 0 heterocycles. The van der Waals surface area contributed by atoms with Gasteiger partial charge in [-0.2, -0.15) is 0 Å². The number of methoxy groups -OCH3 is 1. The lowest BCUT2D eigenvalue weighted by Crippen LogP contribution is -2.31. The van der Waals surface area contributed by atoms with E-state index in [1.807, 2.05) is 0 Å². The van der Waals surface area contributed by atoms with Crippen LogP contribution in [0, 0.1) is 5.82 Å². The van der Waals surface area contributed by atoms with Crippen molar-refractivity contribution in [3.05, 3.63) is 100 Å². The molecule has 8 heteroatoms. The van der Waals surface area contributed by atoms with Gasteiger partial charge in [0.05, 0.1) is 30.2 Å². The fourth-order valence-corrected chi connectivity index (χ4v) is 3.34. The molecule has 1 N–H and O–H groups in total. The lowest BCUT2D eigenvalue weighted by molar-refractivity contribution is -0.143. The smallest absolute Gasteiger partial charge is 0.308 e. The Labute approximate surface area is 195 Å². The molecule has 0 fully saturated rings. The SMILES string of the molecule is COc1ccc(C(=O)COC(=O)CC(NC(=O)c2ccccc2Cl)c2ccccc2)cc1F. The van der Waals surface area contributed by atoms with Gasteiger partial charge in [0.2, 0.25) is 0 Å². The van der Waals surface area contributed by atoms with E-state index in [0.717, 1.165) is 6.07 Å². The Balaban J connectivity index is 1.66. The highest BCUT2D eigenvalue weighted by Crippen LogP contribution is 2.21. The fourth-order valence-electron chi connectivity index (χ4n) is 3.11. The van der Waals surface area contributed by atoms with E-state index < -0.39 is 36.1 Å². The van der Waals surface area contributed by atoms with Gasteiger partial charge in [0.1, 0.15) is 0 Å². The summed E-state index contributed by atoms with van der Waals surface area (Å²) in [6, 6.07) is 18.4. The number of nitrogens with one attached hydrogen (secondary N) is 1. The number of benzene rings is 3. The molecule has 1 unspecified atom stereocenters. The molecular weight excluding hydrogens is 449 g/mol. The Morgan fingerprint density at radius 1 is 1.00 bits per heavy atom. The maximum absolute atomic E-state index is 13.8. The van der Waals surface area contributed by atoms with Crippen molar-refractivity contribution in [1.29, 1.82) is 0 Å². The van der Waals surface area contributed by atoms with Crippen LogP contribution in [0.15, 0.2) is 72.8 Å². The van der Waals surface area contributed by atoms with E-state index in [9.17, 15) is 18.8 Å². The summed E-state index contributed by atoms with van der Waals surface area (Å²) in [7, 11) is 1.31. The fraction of sp³-hybridized carbons (Fsp3) is 0.160. The summed E-state index contributed by atoms with van der Waals surface area (Å²) in [4.78, 5) is 37.5. The van der Waals surface area contributed by atoms with Crippen LogP contribution in [0.4, 0.5) is 4.39 Å². The maximum Gasteiger partial charge on any atom is 0.308 e. The average Bonchev–Trinajstić information content (AvgIpc) is 2.82. The minimum absolute atomic E-state index is 0.00325. The number of hydrogen-bond donors (Lipinski definition) is 1. The normalized spacial score (nSPS) is 11.4. The van der Waals surface area contributed by atoms with Crippen molar-refractivity contribution in [2.24, 2.45) is 0 Å². The number of ether oxygens (including phenoxy) is 2. The Morgan fingerprint density at radius 3 is 2.36 bits per heavy atom. The highest BCUT2D eigenvalue weighted by atomic mass is 35.5. The van der Waals surface area contributed by atoms with Crippen LogP contribution in [0.1, 0.15) is 38.7 Å². The zero-order valence-corrected chi connectivity index (χ0v) is 18.5. The summed E-state index contributed by atoms with van der Waals surface area (Å²) in [5, 5.41) is 3.07. The number of halogens is 2. The van der Waals surface area contributed by atoms with E-state index in [1.165, 1.54) is 19.2 Å². The third-order valence-corrected chi connectivity index (χ3v) is 5.16. The molecule has 0 aliphatic carbocycles. The van der Waals surface area contributed by atoms with Crippen molar-refractivity contribution in [3.8, 4) is 5.75 Å². The molecule has 0 aliphatic heterocycles. The molecule has 170 valence electrons. The summed E-state index contributed by atoms with van der Waals surface area (Å²) in [5.74, 6) is -2.41. The van der Waals surface area contributed by atoms with E-state index in [2.05, 4.69) is 5.32 Å².